The highest BCUT2D eigenvalue weighted by Gasteiger charge is 2.09. The summed E-state index contributed by atoms with van der Waals surface area (Å²) in [5, 5.41) is 0. The highest BCUT2D eigenvalue weighted by Crippen LogP contribution is 2.24. The highest BCUT2D eigenvalue weighted by molar-refractivity contribution is 5.80. The Morgan fingerprint density at radius 2 is 2.06 bits per heavy atom. The van der Waals surface area contributed by atoms with Gasteiger partial charge < -0.3 is 4.57 Å². The highest BCUT2D eigenvalue weighted by atomic mass is 15.1. The fourth-order valence-corrected chi connectivity index (χ4v) is 2.15. The van der Waals surface area contributed by atoms with Crippen LogP contribution in [0.5, 0.6) is 0 Å². The van der Waals surface area contributed by atoms with Gasteiger partial charge in [-0.25, -0.2) is 4.98 Å². The molecule has 0 fully saturated rings. The molecular formula is C15H13N2. The van der Waals surface area contributed by atoms with Crippen molar-refractivity contribution in [1.82, 2.24) is 9.55 Å². The van der Waals surface area contributed by atoms with Gasteiger partial charge in [-0.2, -0.15) is 0 Å². The topological polar surface area (TPSA) is 17.8 Å². The number of hydrogen-bond acceptors (Lipinski definition) is 1. The summed E-state index contributed by atoms with van der Waals surface area (Å²) in [4.78, 5) is 4.70. The van der Waals surface area contributed by atoms with Crippen LogP contribution in [0.25, 0.3) is 22.4 Å². The molecular weight excluding hydrogens is 208 g/mol. The standard InChI is InChI=1S/C15H13N2/c1-2-17-14-11-7-6-10-13(14)16-15(17)12-8-4-3-5-9-12/h3-4,6-11H,2H2,1H3. The maximum atomic E-state index is 4.70. The SMILES string of the molecule is CCn1c(-c2c[c]ccc2)nc2ccccc21. The van der Waals surface area contributed by atoms with Crippen LogP contribution in [0, 0.1) is 6.07 Å². The largest absolute Gasteiger partial charge is 0.324 e. The lowest BCUT2D eigenvalue weighted by Gasteiger charge is -2.05. The lowest BCUT2D eigenvalue weighted by atomic mass is 10.2. The summed E-state index contributed by atoms with van der Waals surface area (Å²) in [6, 6.07) is 19.3. The van der Waals surface area contributed by atoms with Crippen molar-refractivity contribution in [2.24, 2.45) is 0 Å². The summed E-state index contributed by atoms with van der Waals surface area (Å²) in [6.45, 7) is 3.06. The Labute approximate surface area is 101 Å². The zero-order valence-electron chi connectivity index (χ0n) is 9.72. The van der Waals surface area contributed by atoms with Gasteiger partial charge in [0.05, 0.1) is 11.0 Å². The minimum absolute atomic E-state index is 0.921. The lowest BCUT2D eigenvalue weighted by Crippen LogP contribution is -1.96. The molecule has 0 amide bonds. The van der Waals surface area contributed by atoms with Crippen LogP contribution < -0.4 is 0 Å². The summed E-state index contributed by atoms with van der Waals surface area (Å²) < 4.78 is 2.23. The summed E-state index contributed by atoms with van der Waals surface area (Å²) in [6.07, 6.45) is 0. The van der Waals surface area contributed by atoms with E-state index in [4.69, 9.17) is 4.98 Å². The van der Waals surface area contributed by atoms with E-state index in [-0.39, 0.29) is 0 Å². The second-order valence-corrected chi connectivity index (χ2v) is 3.96. The van der Waals surface area contributed by atoms with Crippen molar-refractivity contribution in [2.45, 2.75) is 13.5 Å². The smallest absolute Gasteiger partial charge is 0.141 e. The first-order valence-corrected chi connectivity index (χ1v) is 5.82. The molecule has 17 heavy (non-hydrogen) atoms. The summed E-state index contributed by atoms with van der Waals surface area (Å²) >= 11 is 0. The van der Waals surface area contributed by atoms with Crippen LogP contribution in [-0.4, -0.2) is 9.55 Å². The van der Waals surface area contributed by atoms with Crippen molar-refractivity contribution in [3.8, 4) is 11.4 Å². The molecule has 1 radical (unpaired) electrons. The molecule has 3 aromatic rings. The van der Waals surface area contributed by atoms with Gasteiger partial charge in [-0.15, -0.1) is 0 Å². The van der Waals surface area contributed by atoms with Crippen LogP contribution in [-0.2, 0) is 6.54 Å². The first-order chi connectivity index (χ1) is 8.40. The van der Waals surface area contributed by atoms with Crippen LogP contribution in [0.3, 0.4) is 0 Å². The van der Waals surface area contributed by atoms with E-state index in [2.05, 4.69) is 41.8 Å². The third-order valence-electron chi connectivity index (χ3n) is 2.94. The molecule has 2 nitrogen and oxygen atoms in total. The number of para-hydroxylation sites is 2. The van der Waals surface area contributed by atoms with Gasteiger partial charge >= 0.3 is 0 Å². The molecule has 83 valence electrons. The third kappa shape index (κ3) is 1.62. The molecule has 0 saturated carbocycles. The van der Waals surface area contributed by atoms with Crippen molar-refractivity contribution in [1.29, 1.82) is 0 Å². The Morgan fingerprint density at radius 1 is 1.18 bits per heavy atom. The number of nitrogens with zero attached hydrogens (tertiary/aromatic N) is 2. The van der Waals surface area contributed by atoms with Gasteiger partial charge in [-0.3, -0.25) is 0 Å². The molecule has 0 aliphatic heterocycles. The van der Waals surface area contributed by atoms with Gasteiger partial charge in [-0.1, -0.05) is 30.3 Å². The third-order valence-corrected chi connectivity index (χ3v) is 2.94. The van der Waals surface area contributed by atoms with Crippen molar-refractivity contribution < 1.29 is 0 Å². The molecule has 0 unspecified atom stereocenters. The lowest BCUT2D eigenvalue weighted by molar-refractivity contribution is 0.796. The maximum Gasteiger partial charge on any atom is 0.141 e. The second kappa shape index (κ2) is 4.06. The van der Waals surface area contributed by atoms with Gasteiger partial charge in [0.1, 0.15) is 5.82 Å². The van der Waals surface area contributed by atoms with Crippen LogP contribution in [0.2, 0.25) is 0 Å². The number of rotatable bonds is 2. The Balaban J connectivity index is 2.30. The van der Waals surface area contributed by atoms with Crippen molar-refractivity contribution in [2.75, 3.05) is 0 Å². The molecule has 1 aromatic heterocycles. The van der Waals surface area contributed by atoms with Crippen LogP contribution in [0.15, 0.2) is 48.5 Å². The first kappa shape index (κ1) is 10.1. The number of aryl methyl sites for hydroxylation is 1. The predicted molar refractivity (Wildman–Crippen MR) is 69.7 cm³/mol. The van der Waals surface area contributed by atoms with Crippen molar-refractivity contribution in [3.05, 3.63) is 54.6 Å². The fourth-order valence-electron chi connectivity index (χ4n) is 2.15. The van der Waals surface area contributed by atoms with Crippen LogP contribution in [0.4, 0.5) is 0 Å². The van der Waals surface area contributed by atoms with Gasteiger partial charge in [0, 0.05) is 12.1 Å². The molecule has 0 spiro atoms. The molecule has 3 rings (SSSR count). The molecule has 0 atom stereocenters. The second-order valence-electron chi connectivity index (χ2n) is 3.96. The average Bonchev–Trinajstić information content (AvgIpc) is 2.78. The Morgan fingerprint density at radius 3 is 2.82 bits per heavy atom. The van der Waals surface area contributed by atoms with E-state index in [1.807, 2.05) is 24.3 Å². The van der Waals surface area contributed by atoms with Crippen molar-refractivity contribution in [3.63, 3.8) is 0 Å². The fraction of sp³-hybridized carbons (Fsp3) is 0.133. The molecule has 1 heterocycles. The number of aromatic nitrogens is 2. The Hall–Kier alpha value is -2.09. The van der Waals surface area contributed by atoms with E-state index in [0.717, 1.165) is 23.4 Å². The quantitative estimate of drug-likeness (QED) is 0.647. The van der Waals surface area contributed by atoms with Crippen LogP contribution in [0.1, 0.15) is 6.92 Å². The Kier molecular flexibility index (Phi) is 2.41. The number of fused-ring (bicyclic) bond motifs is 1. The molecule has 0 aliphatic rings. The molecule has 0 N–H and O–H groups in total. The summed E-state index contributed by atoms with van der Waals surface area (Å²) in [7, 11) is 0. The Bertz CT molecular complexity index is 638. The van der Waals surface area contributed by atoms with E-state index < -0.39 is 0 Å². The predicted octanol–water partition coefficient (Wildman–Crippen LogP) is 3.52. The van der Waals surface area contributed by atoms with E-state index in [1.54, 1.807) is 0 Å². The number of imidazole rings is 1. The molecule has 0 bridgehead atoms. The zero-order chi connectivity index (χ0) is 11.7. The average molecular weight is 221 g/mol. The molecule has 0 saturated heterocycles. The van der Waals surface area contributed by atoms with E-state index >= 15 is 0 Å². The normalized spacial score (nSPS) is 10.9. The van der Waals surface area contributed by atoms with Gasteiger partial charge in [0.25, 0.3) is 0 Å². The van der Waals surface area contributed by atoms with E-state index in [9.17, 15) is 0 Å². The van der Waals surface area contributed by atoms with Gasteiger partial charge in [0.2, 0.25) is 0 Å². The number of benzene rings is 2. The van der Waals surface area contributed by atoms with Gasteiger partial charge in [-0.05, 0) is 31.2 Å². The summed E-state index contributed by atoms with van der Waals surface area (Å²) in [5.41, 5.74) is 3.35. The van der Waals surface area contributed by atoms with Crippen LogP contribution >= 0.6 is 0 Å². The monoisotopic (exact) mass is 221 g/mol. The number of hydrogen-bond donors (Lipinski definition) is 0. The van der Waals surface area contributed by atoms with Crippen molar-refractivity contribution >= 4 is 11.0 Å². The van der Waals surface area contributed by atoms with Gasteiger partial charge in [0.15, 0.2) is 0 Å². The first-order valence-electron chi connectivity index (χ1n) is 5.82. The van der Waals surface area contributed by atoms with E-state index in [0.29, 0.717) is 0 Å². The molecule has 0 aliphatic carbocycles. The molecule has 2 aromatic carbocycles. The maximum absolute atomic E-state index is 4.70. The molecule has 2 heteroatoms. The zero-order valence-corrected chi connectivity index (χ0v) is 9.72. The minimum atomic E-state index is 0.921. The minimum Gasteiger partial charge on any atom is -0.324 e. The summed E-state index contributed by atoms with van der Waals surface area (Å²) in [5.74, 6) is 1.02. The van der Waals surface area contributed by atoms with E-state index in [1.165, 1.54) is 5.52 Å².